The molecule has 0 aliphatic rings. The Hall–Kier alpha value is -2.11. The van der Waals surface area contributed by atoms with Crippen LogP contribution in [-0.4, -0.2) is 27.6 Å². The zero-order valence-corrected chi connectivity index (χ0v) is 10.6. The van der Waals surface area contributed by atoms with Crippen molar-refractivity contribution < 1.29 is 13.9 Å². The normalized spacial score (nSPS) is 10.6. The first-order valence-corrected chi connectivity index (χ1v) is 5.74. The highest BCUT2D eigenvalue weighted by molar-refractivity contribution is 5.88. The van der Waals surface area contributed by atoms with Gasteiger partial charge < -0.3 is 9.15 Å². The van der Waals surface area contributed by atoms with Crippen molar-refractivity contribution >= 4 is 5.97 Å². The maximum absolute atomic E-state index is 11.6. The van der Waals surface area contributed by atoms with E-state index >= 15 is 0 Å². The summed E-state index contributed by atoms with van der Waals surface area (Å²) in [4.78, 5) is 11.6. The monoisotopic (exact) mass is 249 g/mol. The number of carbonyl (C=O) groups is 1. The number of nitrogens with zero attached hydrogens (tertiary/aromatic N) is 3. The average molecular weight is 249 g/mol. The predicted molar refractivity (Wildman–Crippen MR) is 63.3 cm³/mol. The second-order valence-electron chi connectivity index (χ2n) is 3.91. The fraction of sp³-hybridized carbons (Fsp3) is 0.417. The average Bonchev–Trinajstić information content (AvgIpc) is 2.88. The number of esters is 1. The largest absolute Gasteiger partial charge is 0.464 e. The van der Waals surface area contributed by atoms with E-state index in [9.17, 15) is 4.79 Å². The number of furan rings is 1. The van der Waals surface area contributed by atoms with E-state index in [0.717, 1.165) is 11.5 Å². The van der Waals surface area contributed by atoms with E-state index < -0.39 is 5.97 Å². The van der Waals surface area contributed by atoms with Crippen molar-refractivity contribution in [1.82, 2.24) is 15.0 Å². The zero-order chi connectivity index (χ0) is 13.1. The highest BCUT2D eigenvalue weighted by atomic mass is 16.5. The minimum atomic E-state index is -0.447. The molecular formula is C12H15N3O3. The Morgan fingerprint density at radius 1 is 1.44 bits per heavy atom. The maximum atomic E-state index is 11.6. The van der Waals surface area contributed by atoms with Gasteiger partial charge in [0.25, 0.3) is 0 Å². The van der Waals surface area contributed by atoms with Gasteiger partial charge in [-0.3, -0.25) is 0 Å². The molecule has 2 aromatic rings. The van der Waals surface area contributed by atoms with E-state index in [1.807, 2.05) is 19.1 Å². The summed E-state index contributed by atoms with van der Waals surface area (Å²) in [6.07, 6.45) is 0. The molecule has 18 heavy (non-hydrogen) atoms. The lowest BCUT2D eigenvalue weighted by Gasteiger charge is -2.01. The second-order valence-corrected chi connectivity index (χ2v) is 3.91. The molecule has 0 amide bonds. The van der Waals surface area contributed by atoms with Crippen LogP contribution in [0.3, 0.4) is 0 Å². The van der Waals surface area contributed by atoms with Gasteiger partial charge in [0, 0.05) is 0 Å². The molecule has 2 aromatic heterocycles. The Morgan fingerprint density at radius 2 is 2.22 bits per heavy atom. The van der Waals surface area contributed by atoms with Crippen LogP contribution >= 0.6 is 0 Å². The summed E-state index contributed by atoms with van der Waals surface area (Å²) in [7, 11) is 0. The third-order valence-corrected chi connectivity index (χ3v) is 2.55. The van der Waals surface area contributed by atoms with Crippen molar-refractivity contribution in [2.45, 2.75) is 27.3 Å². The van der Waals surface area contributed by atoms with E-state index in [2.05, 4.69) is 10.3 Å². The Labute approximate surface area is 105 Å². The Kier molecular flexibility index (Phi) is 3.45. The molecule has 0 N–H and O–H groups in total. The predicted octanol–water partition coefficient (Wildman–Crippen LogP) is 1.71. The van der Waals surface area contributed by atoms with E-state index in [0.29, 0.717) is 18.8 Å². The first-order valence-electron chi connectivity index (χ1n) is 5.74. The van der Waals surface area contributed by atoms with Crippen molar-refractivity contribution in [3.05, 3.63) is 35.0 Å². The molecule has 0 saturated carbocycles. The van der Waals surface area contributed by atoms with Crippen molar-refractivity contribution in [3.63, 3.8) is 0 Å². The van der Waals surface area contributed by atoms with Crippen LogP contribution < -0.4 is 0 Å². The third kappa shape index (κ3) is 2.42. The SMILES string of the molecule is CCOC(=O)c1nnn(Cc2ccc(C)o2)c1C. The highest BCUT2D eigenvalue weighted by Crippen LogP contribution is 2.11. The van der Waals surface area contributed by atoms with Crippen LogP contribution in [0.25, 0.3) is 0 Å². The maximum Gasteiger partial charge on any atom is 0.360 e. The van der Waals surface area contributed by atoms with Gasteiger partial charge >= 0.3 is 5.97 Å². The van der Waals surface area contributed by atoms with Crippen LogP contribution in [-0.2, 0) is 11.3 Å². The summed E-state index contributed by atoms with van der Waals surface area (Å²) in [5.74, 6) is 1.17. The highest BCUT2D eigenvalue weighted by Gasteiger charge is 2.17. The first-order chi connectivity index (χ1) is 8.61. The van der Waals surface area contributed by atoms with Crippen LogP contribution in [0.5, 0.6) is 0 Å². The molecular weight excluding hydrogens is 234 g/mol. The van der Waals surface area contributed by atoms with Gasteiger partial charge in [0.05, 0.1) is 12.3 Å². The first kappa shape index (κ1) is 12.3. The number of rotatable bonds is 4. The molecule has 0 atom stereocenters. The van der Waals surface area contributed by atoms with E-state index in [1.165, 1.54) is 0 Å². The smallest absolute Gasteiger partial charge is 0.360 e. The Bertz CT molecular complexity index is 557. The molecule has 0 unspecified atom stereocenters. The van der Waals surface area contributed by atoms with Crippen molar-refractivity contribution in [2.75, 3.05) is 6.61 Å². The third-order valence-electron chi connectivity index (χ3n) is 2.55. The minimum Gasteiger partial charge on any atom is -0.464 e. The molecule has 0 radical (unpaired) electrons. The molecule has 2 heterocycles. The molecule has 6 heteroatoms. The lowest BCUT2D eigenvalue weighted by molar-refractivity contribution is 0.0518. The van der Waals surface area contributed by atoms with Gasteiger partial charge in [0.2, 0.25) is 0 Å². The Morgan fingerprint density at radius 3 is 2.83 bits per heavy atom. The molecule has 0 aromatic carbocycles. The van der Waals surface area contributed by atoms with Crippen LogP contribution in [0.1, 0.15) is 34.6 Å². The lowest BCUT2D eigenvalue weighted by Crippen LogP contribution is -2.08. The van der Waals surface area contributed by atoms with Gasteiger partial charge in [-0.05, 0) is 32.9 Å². The topological polar surface area (TPSA) is 70.2 Å². The van der Waals surface area contributed by atoms with Gasteiger partial charge in [0.15, 0.2) is 5.69 Å². The van der Waals surface area contributed by atoms with Gasteiger partial charge in [-0.25, -0.2) is 9.48 Å². The minimum absolute atomic E-state index is 0.250. The molecule has 0 aliphatic carbocycles. The number of hydrogen-bond donors (Lipinski definition) is 0. The van der Waals surface area contributed by atoms with Crippen LogP contribution in [0.2, 0.25) is 0 Å². The standard InChI is InChI=1S/C12H15N3O3/c1-4-17-12(16)11-9(3)15(14-13-11)7-10-6-5-8(2)18-10/h5-6H,4,7H2,1-3H3. The summed E-state index contributed by atoms with van der Waals surface area (Å²) < 4.78 is 12.0. The van der Waals surface area contributed by atoms with Crippen LogP contribution in [0.15, 0.2) is 16.5 Å². The number of hydrogen-bond acceptors (Lipinski definition) is 5. The summed E-state index contributed by atoms with van der Waals surface area (Å²) >= 11 is 0. The Balaban J connectivity index is 2.18. The molecule has 0 saturated heterocycles. The summed E-state index contributed by atoms with van der Waals surface area (Å²) in [5, 5.41) is 7.76. The van der Waals surface area contributed by atoms with Gasteiger partial charge in [-0.2, -0.15) is 0 Å². The number of carbonyl (C=O) groups excluding carboxylic acids is 1. The number of ether oxygens (including phenoxy) is 1. The van der Waals surface area contributed by atoms with E-state index in [1.54, 1.807) is 18.5 Å². The molecule has 6 nitrogen and oxygen atoms in total. The van der Waals surface area contributed by atoms with Crippen molar-refractivity contribution in [3.8, 4) is 0 Å². The van der Waals surface area contributed by atoms with Gasteiger partial charge in [-0.1, -0.05) is 5.21 Å². The zero-order valence-electron chi connectivity index (χ0n) is 10.6. The quantitative estimate of drug-likeness (QED) is 0.771. The summed E-state index contributed by atoms with van der Waals surface area (Å²) in [5.41, 5.74) is 0.919. The fourth-order valence-electron chi connectivity index (χ4n) is 1.62. The summed E-state index contributed by atoms with van der Waals surface area (Å²) in [6.45, 7) is 6.18. The molecule has 2 rings (SSSR count). The van der Waals surface area contributed by atoms with E-state index in [-0.39, 0.29) is 5.69 Å². The molecule has 96 valence electrons. The lowest BCUT2D eigenvalue weighted by atomic mass is 10.3. The second kappa shape index (κ2) is 5.03. The van der Waals surface area contributed by atoms with Gasteiger partial charge in [0.1, 0.15) is 18.1 Å². The van der Waals surface area contributed by atoms with Crippen molar-refractivity contribution in [2.24, 2.45) is 0 Å². The van der Waals surface area contributed by atoms with Crippen LogP contribution in [0.4, 0.5) is 0 Å². The molecule has 0 bridgehead atoms. The molecule has 0 aliphatic heterocycles. The summed E-state index contributed by atoms with van der Waals surface area (Å²) in [6, 6.07) is 3.76. The fourth-order valence-corrected chi connectivity index (χ4v) is 1.62. The molecule has 0 spiro atoms. The van der Waals surface area contributed by atoms with E-state index in [4.69, 9.17) is 9.15 Å². The van der Waals surface area contributed by atoms with Gasteiger partial charge in [-0.15, -0.1) is 5.10 Å². The van der Waals surface area contributed by atoms with Crippen LogP contribution in [0, 0.1) is 13.8 Å². The van der Waals surface area contributed by atoms with Crippen molar-refractivity contribution in [1.29, 1.82) is 0 Å². The molecule has 0 fully saturated rings. The number of aryl methyl sites for hydroxylation is 1. The number of aromatic nitrogens is 3.